The molecule has 10 heteroatoms. The SMILES string of the molecule is CCOC(=O)COc1c(Br)cc(/C=C2\SC(=Nc3cc(C)c(Br)c(C)c3)NC2=O)cc1OC. The van der Waals surface area contributed by atoms with Crippen LogP contribution in [0.1, 0.15) is 23.6 Å². The van der Waals surface area contributed by atoms with Crippen molar-refractivity contribution in [3.8, 4) is 11.5 Å². The standard InChI is InChI=1S/C23H22Br2N2O5S/c1-5-31-19(28)11-32-21-16(24)8-14(9-17(21)30-4)10-18-22(29)27-23(33-18)26-15-6-12(2)20(25)13(3)7-15/h6-10H,5,11H2,1-4H3,(H,26,27,29)/b18-10-. The fourth-order valence-corrected chi connectivity index (χ4v) is 4.68. The van der Waals surface area contributed by atoms with Crippen molar-refractivity contribution in [1.82, 2.24) is 5.32 Å². The van der Waals surface area contributed by atoms with Crippen molar-refractivity contribution in [2.75, 3.05) is 20.3 Å². The van der Waals surface area contributed by atoms with Crippen molar-refractivity contribution in [2.45, 2.75) is 20.8 Å². The summed E-state index contributed by atoms with van der Waals surface area (Å²) in [5, 5.41) is 3.31. The molecule has 1 amide bonds. The quantitative estimate of drug-likeness (QED) is 0.327. The predicted molar refractivity (Wildman–Crippen MR) is 137 cm³/mol. The lowest BCUT2D eigenvalue weighted by Crippen LogP contribution is -2.19. The Morgan fingerprint density at radius 3 is 2.52 bits per heavy atom. The Morgan fingerprint density at radius 2 is 1.88 bits per heavy atom. The highest BCUT2D eigenvalue weighted by Crippen LogP contribution is 2.38. The third-order valence-corrected chi connectivity index (χ3v) is 7.24. The first kappa shape index (κ1) is 25.3. The van der Waals surface area contributed by atoms with Gasteiger partial charge in [-0.1, -0.05) is 15.9 Å². The molecular formula is C23H22Br2N2O5S. The van der Waals surface area contributed by atoms with Gasteiger partial charge >= 0.3 is 5.97 Å². The topological polar surface area (TPSA) is 86.2 Å². The van der Waals surface area contributed by atoms with Crippen LogP contribution >= 0.6 is 43.6 Å². The van der Waals surface area contributed by atoms with Crippen LogP contribution in [-0.2, 0) is 14.3 Å². The fourth-order valence-electron chi connectivity index (χ4n) is 3.03. The summed E-state index contributed by atoms with van der Waals surface area (Å²) in [6.07, 6.45) is 1.74. The molecule has 0 aromatic heterocycles. The molecule has 0 saturated carbocycles. The molecule has 0 radical (unpaired) electrons. The Kier molecular flexibility index (Phi) is 8.61. The Labute approximate surface area is 213 Å². The third kappa shape index (κ3) is 6.39. The maximum absolute atomic E-state index is 12.5. The highest BCUT2D eigenvalue weighted by molar-refractivity contribution is 9.10. The van der Waals surface area contributed by atoms with Crippen molar-refractivity contribution in [1.29, 1.82) is 0 Å². The Hall–Kier alpha value is -2.30. The van der Waals surface area contributed by atoms with E-state index in [2.05, 4.69) is 42.2 Å². The molecule has 1 fully saturated rings. The second kappa shape index (κ2) is 11.2. The Balaban J connectivity index is 1.82. The molecule has 7 nitrogen and oxygen atoms in total. The lowest BCUT2D eigenvalue weighted by molar-refractivity contribution is -0.145. The molecule has 1 heterocycles. The minimum Gasteiger partial charge on any atom is -0.493 e. The molecule has 2 aromatic rings. The molecule has 33 heavy (non-hydrogen) atoms. The van der Waals surface area contributed by atoms with Gasteiger partial charge in [-0.2, -0.15) is 0 Å². The van der Waals surface area contributed by atoms with Crippen LogP contribution in [0.3, 0.4) is 0 Å². The number of amidine groups is 1. The van der Waals surface area contributed by atoms with Gasteiger partial charge in [0, 0.05) is 4.47 Å². The summed E-state index contributed by atoms with van der Waals surface area (Å²) in [4.78, 5) is 29.2. The number of esters is 1. The predicted octanol–water partition coefficient (Wildman–Crippen LogP) is 5.67. The van der Waals surface area contributed by atoms with E-state index in [9.17, 15) is 9.59 Å². The van der Waals surface area contributed by atoms with Gasteiger partial charge in [0.2, 0.25) is 0 Å². The molecular weight excluding hydrogens is 576 g/mol. The molecule has 0 unspecified atom stereocenters. The number of hydrogen-bond acceptors (Lipinski definition) is 7. The van der Waals surface area contributed by atoms with Crippen molar-refractivity contribution >= 4 is 72.4 Å². The Morgan fingerprint density at radius 1 is 1.18 bits per heavy atom. The van der Waals surface area contributed by atoms with Gasteiger partial charge in [0.1, 0.15) is 0 Å². The molecule has 0 aliphatic carbocycles. The normalized spacial score (nSPS) is 15.6. The molecule has 1 aliphatic rings. The number of thioether (sulfide) groups is 1. The van der Waals surface area contributed by atoms with E-state index in [1.165, 1.54) is 18.9 Å². The highest BCUT2D eigenvalue weighted by Gasteiger charge is 2.24. The molecule has 0 spiro atoms. The van der Waals surface area contributed by atoms with Gasteiger partial charge in [-0.25, -0.2) is 9.79 Å². The molecule has 1 N–H and O–H groups in total. The zero-order valence-corrected chi connectivity index (χ0v) is 22.4. The first-order valence-corrected chi connectivity index (χ1v) is 12.3. The van der Waals surface area contributed by atoms with E-state index in [1.54, 1.807) is 25.1 Å². The second-order valence-electron chi connectivity index (χ2n) is 7.00. The summed E-state index contributed by atoms with van der Waals surface area (Å²) < 4.78 is 17.5. The largest absolute Gasteiger partial charge is 0.493 e. The summed E-state index contributed by atoms with van der Waals surface area (Å²) in [6.45, 7) is 5.76. The zero-order chi connectivity index (χ0) is 24.1. The van der Waals surface area contributed by atoms with E-state index in [1.807, 2.05) is 26.0 Å². The summed E-state index contributed by atoms with van der Waals surface area (Å²) in [5.74, 6) is 0.0831. The number of methoxy groups -OCH3 is 1. The molecule has 1 saturated heterocycles. The third-order valence-electron chi connectivity index (χ3n) is 4.49. The number of ether oxygens (including phenoxy) is 3. The fraction of sp³-hybridized carbons (Fsp3) is 0.261. The average molecular weight is 598 g/mol. The molecule has 174 valence electrons. The highest BCUT2D eigenvalue weighted by atomic mass is 79.9. The molecule has 0 bridgehead atoms. The van der Waals surface area contributed by atoms with Gasteiger partial charge in [0.25, 0.3) is 5.91 Å². The monoisotopic (exact) mass is 596 g/mol. The van der Waals surface area contributed by atoms with Gasteiger partial charge in [-0.05, 0) is 95.5 Å². The van der Waals surface area contributed by atoms with Gasteiger partial charge in [-0.3, -0.25) is 4.79 Å². The number of rotatable bonds is 7. The van der Waals surface area contributed by atoms with Gasteiger partial charge in [-0.15, -0.1) is 0 Å². The first-order valence-electron chi connectivity index (χ1n) is 9.94. The first-order chi connectivity index (χ1) is 15.7. The summed E-state index contributed by atoms with van der Waals surface area (Å²) in [5.41, 5.74) is 3.63. The lowest BCUT2D eigenvalue weighted by atomic mass is 10.1. The van der Waals surface area contributed by atoms with Gasteiger partial charge in [0.15, 0.2) is 23.3 Å². The Bertz CT molecular complexity index is 1140. The molecule has 2 aromatic carbocycles. The number of halogens is 2. The number of amides is 1. The van der Waals surface area contributed by atoms with E-state index < -0.39 is 5.97 Å². The number of aliphatic imine (C=N–C) groups is 1. The van der Waals surface area contributed by atoms with E-state index in [0.717, 1.165) is 26.9 Å². The lowest BCUT2D eigenvalue weighted by Gasteiger charge is -2.13. The maximum Gasteiger partial charge on any atom is 0.344 e. The number of carbonyl (C=O) groups excluding carboxylic acids is 2. The van der Waals surface area contributed by atoms with Crippen LogP contribution in [0.4, 0.5) is 5.69 Å². The van der Waals surface area contributed by atoms with Crippen molar-refractivity contribution < 1.29 is 23.8 Å². The van der Waals surface area contributed by atoms with E-state index >= 15 is 0 Å². The number of hydrogen-bond donors (Lipinski definition) is 1. The van der Waals surface area contributed by atoms with E-state index in [-0.39, 0.29) is 19.1 Å². The number of carbonyl (C=O) groups is 2. The van der Waals surface area contributed by atoms with Crippen LogP contribution in [0.25, 0.3) is 6.08 Å². The minimum atomic E-state index is -0.473. The number of nitrogens with one attached hydrogen (secondary N) is 1. The van der Waals surface area contributed by atoms with E-state index in [4.69, 9.17) is 14.2 Å². The average Bonchev–Trinajstić information content (AvgIpc) is 3.09. The van der Waals surface area contributed by atoms with Crippen LogP contribution in [0.2, 0.25) is 0 Å². The van der Waals surface area contributed by atoms with E-state index in [0.29, 0.717) is 26.0 Å². The number of nitrogens with zero attached hydrogens (tertiary/aromatic N) is 1. The summed E-state index contributed by atoms with van der Waals surface area (Å²) in [6, 6.07) is 7.41. The zero-order valence-electron chi connectivity index (χ0n) is 18.5. The second-order valence-corrected chi connectivity index (χ2v) is 9.68. The van der Waals surface area contributed by atoms with Crippen LogP contribution < -0.4 is 14.8 Å². The number of benzene rings is 2. The van der Waals surface area contributed by atoms with Crippen molar-refractivity contribution in [2.24, 2.45) is 4.99 Å². The summed E-state index contributed by atoms with van der Waals surface area (Å²) in [7, 11) is 1.50. The van der Waals surface area contributed by atoms with Crippen LogP contribution in [0.5, 0.6) is 11.5 Å². The molecule has 1 aliphatic heterocycles. The molecule has 3 rings (SSSR count). The maximum atomic E-state index is 12.5. The van der Waals surface area contributed by atoms with Gasteiger partial charge < -0.3 is 19.5 Å². The smallest absolute Gasteiger partial charge is 0.344 e. The van der Waals surface area contributed by atoms with Crippen LogP contribution in [0.15, 0.2) is 43.1 Å². The number of aryl methyl sites for hydroxylation is 2. The van der Waals surface area contributed by atoms with Crippen LogP contribution in [-0.4, -0.2) is 37.4 Å². The van der Waals surface area contributed by atoms with Gasteiger partial charge in [0.05, 0.1) is 28.8 Å². The minimum absolute atomic E-state index is 0.234. The van der Waals surface area contributed by atoms with Crippen LogP contribution in [0, 0.1) is 13.8 Å². The van der Waals surface area contributed by atoms with Crippen molar-refractivity contribution in [3.05, 3.63) is 54.8 Å². The molecule has 0 atom stereocenters. The van der Waals surface area contributed by atoms with Crippen molar-refractivity contribution in [3.63, 3.8) is 0 Å². The summed E-state index contributed by atoms with van der Waals surface area (Å²) >= 11 is 8.25.